The van der Waals surface area contributed by atoms with Gasteiger partial charge in [-0.25, -0.2) is 9.78 Å². The number of carbonyl (C=O) groups is 2. The predicted molar refractivity (Wildman–Crippen MR) is 113 cm³/mol. The fraction of sp³-hybridized carbons (Fsp3) is 0.476. The van der Waals surface area contributed by atoms with Crippen molar-refractivity contribution in [3.63, 3.8) is 0 Å². The van der Waals surface area contributed by atoms with Crippen molar-refractivity contribution in [1.29, 1.82) is 0 Å². The number of amides is 2. The van der Waals surface area contributed by atoms with Gasteiger partial charge in [-0.3, -0.25) is 4.79 Å². The second-order valence-electron chi connectivity index (χ2n) is 8.22. The molecular formula is C21H27N3O4S. The number of benzene rings is 1. The molecule has 0 bridgehead atoms. The fourth-order valence-electron chi connectivity index (χ4n) is 3.30. The number of hydrogen-bond acceptors (Lipinski definition) is 6. The molecule has 0 radical (unpaired) electrons. The number of carbonyl (C=O) groups excluding carboxylic acids is 2. The third-order valence-electron chi connectivity index (χ3n) is 4.69. The van der Waals surface area contributed by atoms with Crippen LogP contribution in [0.1, 0.15) is 27.2 Å². The summed E-state index contributed by atoms with van der Waals surface area (Å²) in [4.78, 5) is 32.4. The molecule has 2 heterocycles. The van der Waals surface area contributed by atoms with E-state index in [9.17, 15) is 9.59 Å². The highest BCUT2D eigenvalue weighted by molar-refractivity contribution is 7.19. The van der Waals surface area contributed by atoms with Gasteiger partial charge >= 0.3 is 6.09 Å². The fourth-order valence-corrected chi connectivity index (χ4v) is 4.11. The first-order valence-corrected chi connectivity index (χ1v) is 10.3. The standard InChI is InChI=1S/C21H27N3O4S/c1-20(2,3)28-19(26)24-11-10-21(13-24,14-27-4)17(25)23-18-22-12-16(29-18)15-8-6-5-7-9-15/h5-9,12H,10-11,13-14H2,1-4H3,(H,22,23,25). The SMILES string of the molecule is COCC1(C(=O)Nc2ncc(-c3ccccc3)s2)CCN(C(=O)OC(C)(C)C)C1. The monoisotopic (exact) mass is 417 g/mol. The lowest BCUT2D eigenvalue weighted by atomic mass is 9.87. The molecule has 8 heteroatoms. The van der Waals surface area contributed by atoms with E-state index >= 15 is 0 Å². The van der Waals surface area contributed by atoms with Gasteiger partial charge < -0.3 is 19.7 Å². The van der Waals surface area contributed by atoms with E-state index in [1.54, 1.807) is 18.2 Å². The van der Waals surface area contributed by atoms with Crippen molar-refractivity contribution in [3.05, 3.63) is 36.5 Å². The molecule has 156 valence electrons. The maximum atomic E-state index is 13.1. The molecule has 1 aromatic carbocycles. The zero-order chi connectivity index (χ0) is 21.1. The zero-order valence-corrected chi connectivity index (χ0v) is 18.0. The highest BCUT2D eigenvalue weighted by Crippen LogP contribution is 2.35. The molecule has 0 spiro atoms. The van der Waals surface area contributed by atoms with Crippen LogP contribution in [0, 0.1) is 5.41 Å². The summed E-state index contributed by atoms with van der Waals surface area (Å²) in [6.07, 6.45) is 1.84. The minimum absolute atomic E-state index is 0.195. The van der Waals surface area contributed by atoms with Crippen molar-refractivity contribution in [2.45, 2.75) is 32.8 Å². The number of hydrogen-bond donors (Lipinski definition) is 1. The van der Waals surface area contributed by atoms with E-state index in [2.05, 4.69) is 10.3 Å². The van der Waals surface area contributed by atoms with Crippen LogP contribution in [-0.2, 0) is 14.3 Å². The number of likely N-dealkylation sites (tertiary alicyclic amines) is 1. The van der Waals surface area contributed by atoms with E-state index in [0.717, 1.165) is 10.4 Å². The molecule has 1 aromatic heterocycles. The average molecular weight is 418 g/mol. The van der Waals surface area contributed by atoms with Crippen LogP contribution in [0.15, 0.2) is 36.5 Å². The van der Waals surface area contributed by atoms with Gasteiger partial charge in [-0.2, -0.15) is 0 Å². The van der Waals surface area contributed by atoms with Gasteiger partial charge in [-0.15, -0.1) is 0 Å². The Morgan fingerprint density at radius 1 is 1.28 bits per heavy atom. The molecule has 7 nitrogen and oxygen atoms in total. The molecule has 3 rings (SSSR count). The Kier molecular flexibility index (Phi) is 6.24. The minimum Gasteiger partial charge on any atom is -0.444 e. The zero-order valence-electron chi connectivity index (χ0n) is 17.2. The first-order valence-electron chi connectivity index (χ1n) is 9.52. The van der Waals surface area contributed by atoms with Crippen molar-refractivity contribution in [3.8, 4) is 10.4 Å². The Morgan fingerprint density at radius 2 is 2.00 bits per heavy atom. The molecule has 1 unspecified atom stereocenters. The molecule has 0 saturated carbocycles. The van der Waals surface area contributed by atoms with Gasteiger partial charge in [0.15, 0.2) is 5.13 Å². The molecule has 29 heavy (non-hydrogen) atoms. The highest BCUT2D eigenvalue weighted by atomic mass is 32.1. The number of thiazole rings is 1. The van der Waals surface area contributed by atoms with Crippen LogP contribution >= 0.6 is 11.3 Å². The van der Waals surface area contributed by atoms with Crippen molar-refractivity contribution in [1.82, 2.24) is 9.88 Å². The molecule has 1 N–H and O–H groups in total. The van der Waals surface area contributed by atoms with Crippen LogP contribution in [0.2, 0.25) is 0 Å². The maximum absolute atomic E-state index is 13.1. The van der Waals surface area contributed by atoms with Gasteiger partial charge in [0.05, 0.1) is 16.9 Å². The van der Waals surface area contributed by atoms with E-state index in [0.29, 0.717) is 18.1 Å². The smallest absolute Gasteiger partial charge is 0.410 e. The first-order chi connectivity index (χ1) is 13.7. The average Bonchev–Trinajstić information content (AvgIpc) is 3.30. The summed E-state index contributed by atoms with van der Waals surface area (Å²) in [5.41, 5.74) is -0.362. The minimum atomic E-state index is -0.829. The van der Waals surface area contributed by atoms with Crippen LogP contribution < -0.4 is 5.32 Å². The van der Waals surface area contributed by atoms with Crippen LogP contribution in [0.5, 0.6) is 0 Å². The summed E-state index contributed by atoms with van der Waals surface area (Å²) >= 11 is 1.42. The number of ether oxygens (including phenoxy) is 2. The van der Waals surface area contributed by atoms with Crippen molar-refractivity contribution >= 4 is 28.5 Å². The number of aromatic nitrogens is 1. The Morgan fingerprint density at radius 3 is 2.66 bits per heavy atom. The second-order valence-corrected chi connectivity index (χ2v) is 9.25. The number of nitrogens with one attached hydrogen (secondary N) is 1. The predicted octanol–water partition coefficient (Wildman–Crippen LogP) is 4.02. The lowest BCUT2D eigenvalue weighted by molar-refractivity contribution is -0.127. The number of methoxy groups -OCH3 is 1. The molecule has 1 aliphatic rings. The number of anilines is 1. The van der Waals surface area contributed by atoms with Crippen LogP contribution in [0.25, 0.3) is 10.4 Å². The van der Waals surface area contributed by atoms with Crippen molar-refractivity contribution in [2.24, 2.45) is 5.41 Å². The molecule has 2 amide bonds. The summed E-state index contributed by atoms with van der Waals surface area (Å²) < 4.78 is 10.8. The maximum Gasteiger partial charge on any atom is 0.410 e. The lowest BCUT2D eigenvalue weighted by Gasteiger charge is -2.28. The Labute approximate surface area is 175 Å². The van der Waals surface area contributed by atoms with E-state index in [4.69, 9.17) is 9.47 Å². The summed E-state index contributed by atoms with van der Waals surface area (Å²) in [6, 6.07) is 9.88. The quantitative estimate of drug-likeness (QED) is 0.795. The lowest BCUT2D eigenvalue weighted by Crippen LogP contribution is -2.44. The molecule has 1 saturated heterocycles. The first kappa shape index (κ1) is 21.3. The molecular weight excluding hydrogens is 390 g/mol. The second kappa shape index (κ2) is 8.51. The van der Waals surface area contributed by atoms with Crippen molar-refractivity contribution in [2.75, 3.05) is 32.1 Å². The third-order valence-corrected chi connectivity index (χ3v) is 5.65. The van der Waals surface area contributed by atoms with E-state index < -0.39 is 17.1 Å². The Balaban J connectivity index is 1.70. The molecule has 2 aromatic rings. The summed E-state index contributed by atoms with van der Waals surface area (Å²) in [7, 11) is 1.56. The van der Waals surface area contributed by atoms with Crippen LogP contribution in [0.4, 0.5) is 9.93 Å². The molecule has 1 fully saturated rings. The largest absolute Gasteiger partial charge is 0.444 e. The summed E-state index contributed by atoms with van der Waals surface area (Å²) in [5.74, 6) is -0.195. The van der Waals surface area contributed by atoms with Gasteiger partial charge in [0, 0.05) is 26.4 Å². The summed E-state index contributed by atoms with van der Waals surface area (Å²) in [6.45, 7) is 6.38. The van der Waals surface area contributed by atoms with Gasteiger partial charge in [0.2, 0.25) is 5.91 Å². The van der Waals surface area contributed by atoms with Gasteiger partial charge in [-0.1, -0.05) is 41.7 Å². The van der Waals surface area contributed by atoms with Gasteiger partial charge in [0.1, 0.15) is 5.60 Å². The number of nitrogens with zero attached hydrogens (tertiary/aromatic N) is 2. The summed E-state index contributed by atoms with van der Waals surface area (Å²) in [5, 5.41) is 3.44. The van der Waals surface area contributed by atoms with Gasteiger partial charge in [-0.05, 0) is 32.8 Å². The third kappa shape index (κ3) is 5.13. The van der Waals surface area contributed by atoms with E-state index in [1.165, 1.54) is 11.3 Å². The normalized spacial score (nSPS) is 19.2. The molecule has 1 atom stereocenters. The topological polar surface area (TPSA) is 80.8 Å². The highest BCUT2D eigenvalue weighted by Gasteiger charge is 2.47. The van der Waals surface area contributed by atoms with E-state index in [1.807, 2.05) is 51.1 Å². The molecule has 0 aliphatic carbocycles. The van der Waals surface area contributed by atoms with Crippen LogP contribution in [0.3, 0.4) is 0 Å². The van der Waals surface area contributed by atoms with Gasteiger partial charge in [0.25, 0.3) is 0 Å². The number of rotatable bonds is 5. The Bertz CT molecular complexity index is 862. The Hall–Kier alpha value is -2.45. The van der Waals surface area contributed by atoms with Crippen LogP contribution in [-0.4, -0.2) is 54.3 Å². The molecule has 1 aliphatic heterocycles. The van der Waals surface area contributed by atoms with Crippen molar-refractivity contribution < 1.29 is 19.1 Å². The van der Waals surface area contributed by atoms with E-state index in [-0.39, 0.29) is 19.1 Å².